The summed E-state index contributed by atoms with van der Waals surface area (Å²) in [6.45, 7) is 5.98. The summed E-state index contributed by atoms with van der Waals surface area (Å²) in [5, 5.41) is 0. The van der Waals surface area contributed by atoms with E-state index in [2.05, 4.69) is 0 Å². The van der Waals surface area contributed by atoms with Crippen LogP contribution >= 0.6 is 0 Å². The number of carbonyl (C=O) groups excluding carboxylic acids is 2. The molecule has 0 radical (unpaired) electrons. The van der Waals surface area contributed by atoms with Gasteiger partial charge in [0.1, 0.15) is 11.7 Å². The molecular formula is C11H19NO4. The summed E-state index contributed by atoms with van der Waals surface area (Å²) in [5.74, 6) is -0.0698. The smallest absolute Gasteiger partial charge is 0.410 e. The average Bonchev–Trinajstić information content (AvgIpc) is 2.15. The number of ether oxygens (including phenoxy) is 2. The molecule has 1 amide bonds. The zero-order valence-corrected chi connectivity index (χ0v) is 10.3. The molecule has 5 heteroatoms. The van der Waals surface area contributed by atoms with Gasteiger partial charge in [0.2, 0.25) is 0 Å². The second kappa shape index (κ2) is 4.82. The fourth-order valence-corrected chi connectivity index (χ4v) is 1.53. The molecule has 0 aromatic heterocycles. The van der Waals surface area contributed by atoms with Crippen LogP contribution < -0.4 is 0 Å². The Kier molecular flexibility index (Phi) is 3.91. The third kappa shape index (κ3) is 3.48. The number of hydrogen-bond acceptors (Lipinski definition) is 4. The highest BCUT2D eigenvalue weighted by atomic mass is 16.6. The lowest BCUT2D eigenvalue weighted by Crippen LogP contribution is -2.48. The van der Waals surface area contributed by atoms with Crippen LogP contribution in [0.4, 0.5) is 4.79 Å². The van der Waals surface area contributed by atoms with Crippen molar-refractivity contribution >= 4 is 11.9 Å². The van der Waals surface area contributed by atoms with Gasteiger partial charge in [-0.15, -0.1) is 0 Å². The average molecular weight is 229 g/mol. The molecule has 1 aliphatic heterocycles. The van der Waals surface area contributed by atoms with Crippen molar-refractivity contribution in [3.8, 4) is 0 Å². The van der Waals surface area contributed by atoms with Gasteiger partial charge in [-0.1, -0.05) is 0 Å². The van der Waals surface area contributed by atoms with Gasteiger partial charge in [-0.2, -0.15) is 0 Å². The van der Waals surface area contributed by atoms with Crippen LogP contribution in [-0.4, -0.2) is 48.7 Å². The molecule has 92 valence electrons. The van der Waals surface area contributed by atoms with Crippen LogP contribution in [0.1, 0.15) is 27.2 Å². The molecule has 0 saturated carbocycles. The topological polar surface area (TPSA) is 55.8 Å². The minimum Gasteiger partial charge on any atom is -0.444 e. The molecular weight excluding hydrogens is 210 g/mol. The fraction of sp³-hybridized carbons (Fsp3) is 0.818. The predicted molar refractivity (Wildman–Crippen MR) is 58.2 cm³/mol. The van der Waals surface area contributed by atoms with Crippen molar-refractivity contribution in [2.24, 2.45) is 0 Å². The first-order valence-corrected chi connectivity index (χ1v) is 5.37. The van der Waals surface area contributed by atoms with Crippen LogP contribution in [0, 0.1) is 0 Å². The quantitative estimate of drug-likeness (QED) is 0.678. The number of methoxy groups -OCH3 is 1. The second-order valence-electron chi connectivity index (χ2n) is 4.88. The molecule has 0 aromatic rings. The van der Waals surface area contributed by atoms with E-state index < -0.39 is 11.7 Å². The highest BCUT2D eigenvalue weighted by Gasteiger charge is 2.31. The fourth-order valence-electron chi connectivity index (χ4n) is 1.53. The highest BCUT2D eigenvalue weighted by Crippen LogP contribution is 2.14. The third-order valence-corrected chi connectivity index (χ3v) is 2.30. The first-order chi connectivity index (χ1) is 7.33. The van der Waals surface area contributed by atoms with Crippen LogP contribution in [0.15, 0.2) is 0 Å². The number of piperidine rings is 1. The molecule has 0 unspecified atom stereocenters. The maximum atomic E-state index is 11.7. The van der Waals surface area contributed by atoms with Gasteiger partial charge in [0, 0.05) is 13.7 Å². The summed E-state index contributed by atoms with van der Waals surface area (Å²) in [6.07, 6.45) is -0.275. The molecule has 0 aromatic carbocycles. The van der Waals surface area contributed by atoms with E-state index in [0.717, 1.165) is 0 Å². The van der Waals surface area contributed by atoms with Gasteiger partial charge in [0.25, 0.3) is 0 Å². The lowest BCUT2D eigenvalue weighted by Gasteiger charge is -2.31. The Hall–Kier alpha value is -1.10. The summed E-state index contributed by atoms with van der Waals surface area (Å²) in [5.41, 5.74) is -0.530. The first kappa shape index (κ1) is 13.0. The monoisotopic (exact) mass is 229 g/mol. The minimum absolute atomic E-state index is 0.0698. The summed E-state index contributed by atoms with van der Waals surface area (Å²) in [4.78, 5) is 24.6. The van der Waals surface area contributed by atoms with Gasteiger partial charge >= 0.3 is 6.09 Å². The van der Waals surface area contributed by atoms with Crippen molar-refractivity contribution in [3.63, 3.8) is 0 Å². The van der Waals surface area contributed by atoms with Gasteiger partial charge in [-0.3, -0.25) is 4.79 Å². The number of amides is 1. The number of likely N-dealkylation sites (tertiary alicyclic amines) is 1. The largest absolute Gasteiger partial charge is 0.444 e. The van der Waals surface area contributed by atoms with Crippen molar-refractivity contribution in [1.82, 2.24) is 4.90 Å². The van der Waals surface area contributed by atoms with Crippen molar-refractivity contribution in [2.75, 3.05) is 20.2 Å². The van der Waals surface area contributed by atoms with Crippen LogP contribution in [0.25, 0.3) is 0 Å². The normalized spacial score (nSPS) is 22.1. The van der Waals surface area contributed by atoms with Gasteiger partial charge in [0.15, 0.2) is 5.78 Å². The zero-order valence-electron chi connectivity index (χ0n) is 10.3. The van der Waals surface area contributed by atoms with Gasteiger partial charge in [0.05, 0.1) is 6.54 Å². The molecule has 1 aliphatic rings. The molecule has 0 spiro atoms. The van der Waals surface area contributed by atoms with Crippen LogP contribution in [0.5, 0.6) is 0 Å². The van der Waals surface area contributed by atoms with Gasteiger partial charge < -0.3 is 14.4 Å². The standard InChI is InChI=1S/C11H19NO4/c1-11(2,3)16-10(14)12-6-5-9(15-4)8(13)7-12/h9H,5-7H2,1-4H3/t9-/m1/s1. The number of hydrogen-bond donors (Lipinski definition) is 0. The summed E-state index contributed by atoms with van der Waals surface area (Å²) >= 11 is 0. The molecule has 0 bridgehead atoms. The maximum Gasteiger partial charge on any atom is 0.410 e. The summed E-state index contributed by atoms with van der Waals surface area (Å²) < 4.78 is 10.2. The first-order valence-electron chi connectivity index (χ1n) is 5.37. The molecule has 1 heterocycles. The Labute approximate surface area is 95.7 Å². The van der Waals surface area contributed by atoms with E-state index in [1.165, 1.54) is 12.0 Å². The number of carbonyl (C=O) groups is 2. The number of nitrogens with zero attached hydrogens (tertiary/aromatic N) is 1. The third-order valence-electron chi connectivity index (χ3n) is 2.30. The molecule has 0 N–H and O–H groups in total. The Morgan fingerprint density at radius 3 is 2.50 bits per heavy atom. The van der Waals surface area contributed by atoms with E-state index in [0.29, 0.717) is 13.0 Å². The molecule has 0 aliphatic carbocycles. The van der Waals surface area contributed by atoms with Crippen LogP contribution in [0.2, 0.25) is 0 Å². The molecule has 1 fully saturated rings. The summed E-state index contributed by atoms with van der Waals surface area (Å²) in [6, 6.07) is 0. The van der Waals surface area contributed by atoms with Crippen molar-refractivity contribution in [3.05, 3.63) is 0 Å². The Morgan fingerprint density at radius 1 is 1.44 bits per heavy atom. The minimum atomic E-state index is -0.530. The molecule has 1 atom stereocenters. The van der Waals surface area contributed by atoms with Gasteiger partial charge in [-0.25, -0.2) is 4.79 Å². The highest BCUT2D eigenvalue weighted by molar-refractivity contribution is 5.88. The van der Waals surface area contributed by atoms with E-state index >= 15 is 0 Å². The van der Waals surface area contributed by atoms with E-state index in [4.69, 9.17) is 9.47 Å². The Bertz CT molecular complexity index is 282. The van der Waals surface area contributed by atoms with Crippen molar-refractivity contribution in [2.45, 2.75) is 38.9 Å². The summed E-state index contributed by atoms with van der Waals surface area (Å²) in [7, 11) is 1.51. The van der Waals surface area contributed by atoms with Crippen molar-refractivity contribution in [1.29, 1.82) is 0 Å². The second-order valence-corrected chi connectivity index (χ2v) is 4.88. The van der Waals surface area contributed by atoms with Gasteiger partial charge in [-0.05, 0) is 27.2 Å². The van der Waals surface area contributed by atoms with Crippen molar-refractivity contribution < 1.29 is 19.1 Å². The molecule has 1 rings (SSSR count). The number of Topliss-reactive ketones (excluding diaryl/α,β-unsaturated/α-hetero) is 1. The van der Waals surface area contributed by atoms with E-state index in [1.807, 2.05) is 0 Å². The lowest BCUT2D eigenvalue weighted by atomic mass is 10.1. The number of ketones is 1. The van der Waals surface area contributed by atoms with E-state index in [9.17, 15) is 9.59 Å². The number of rotatable bonds is 1. The van der Waals surface area contributed by atoms with Crippen LogP contribution in [-0.2, 0) is 14.3 Å². The van der Waals surface area contributed by atoms with Crippen LogP contribution in [0.3, 0.4) is 0 Å². The lowest BCUT2D eigenvalue weighted by molar-refractivity contribution is -0.133. The SMILES string of the molecule is CO[C@@H]1CCN(C(=O)OC(C)(C)C)CC1=O. The Balaban J connectivity index is 2.52. The zero-order chi connectivity index (χ0) is 12.3. The molecule has 16 heavy (non-hydrogen) atoms. The molecule has 5 nitrogen and oxygen atoms in total. The predicted octanol–water partition coefficient (Wildman–Crippen LogP) is 1.21. The Morgan fingerprint density at radius 2 is 2.06 bits per heavy atom. The maximum absolute atomic E-state index is 11.7. The van der Waals surface area contributed by atoms with E-state index in [1.54, 1.807) is 20.8 Å². The van der Waals surface area contributed by atoms with E-state index in [-0.39, 0.29) is 18.4 Å². The molecule has 1 saturated heterocycles.